The topological polar surface area (TPSA) is 131 Å². The molecule has 3 rings (SSSR count). The van der Waals surface area contributed by atoms with E-state index in [1.165, 1.54) is 0 Å². The molecule has 9 nitrogen and oxygen atoms in total. The summed E-state index contributed by atoms with van der Waals surface area (Å²) in [6, 6.07) is 5.67. The number of nitrogen functional groups attached to an aromatic ring is 1. The number of aliphatic hydroxyl groups is 2. The van der Waals surface area contributed by atoms with Crippen molar-refractivity contribution >= 4 is 22.8 Å². The number of rotatable bonds is 10. The standard InChI is InChI=1S/C21H30N6O3/c1-4-5-16(8-9-28)23-20-19-18(24-21(22)25-20)13(2)26-27(19)11-15-7-6-14(12-29)10-17(15)30-3/h6-7,10,16,28-29H,4-5,8-9,11-12H2,1-3H3,(H3,22,23,24,25)/t16-/m0/s1. The molecule has 0 amide bonds. The Morgan fingerprint density at radius 2 is 2.03 bits per heavy atom. The summed E-state index contributed by atoms with van der Waals surface area (Å²) in [5.41, 5.74) is 9.86. The number of aliphatic hydroxyl groups excluding tert-OH is 2. The van der Waals surface area contributed by atoms with Crippen LogP contribution in [0.4, 0.5) is 11.8 Å². The number of anilines is 2. The summed E-state index contributed by atoms with van der Waals surface area (Å²) in [5.74, 6) is 1.46. The number of nitrogens with one attached hydrogen (secondary N) is 1. The minimum absolute atomic E-state index is 0.0503. The number of hydrogen-bond donors (Lipinski definition) is 4. The Bertz CT molecular complexity index is 998. The Kier molecular flexibility index (Phi) is 7.07. The van der Waals surface area contributed by atoms with Gasteiger partial charge in [-0.15, -0.1) is 0 Å². The molecule has 0 aliphatic rings. The van der Waals surface area contributed by atoms with Gasteiger partial charge in [-0.3, -0.25) is 4.68 Å². The lowest BCUT2D eigenvalue weighted by atomic mass is 10.1. The zero-order valence-corrected chi connectivity index (χ0v) is 17.7. The fourth-order valence-electron chi connectivity index (χ4n) is 3.63. The first-order chi connectivity index (χ1) is 14.5. The van der Waals surface area contributed by atoms with E-state index in [9.17, 15) is 10.2 Å². The van der Waals surface area contributed by atoms with Gasteiger partial charge in [-0.2, -0.15) is 10.1 Å². The first-order valence-electron chi connectivity index (χ1n) is 10.1. The van der Waals surface area contributed by atoms with E-state index < -0.39 is 0 Å². The van der Waals surface area contributed by atoms with Crippen molar-refractivity contribution in [3.05, 3.63) is 35.0 Å². The van der Waals surface area contributed by atoms with Crippen molar-refractivity contribution in [1.82, 2.24) is 19.7 Å². The maximum absolute atomic E-state index is 9.42. The number of hydrogen-bond acceptors (Lipinski definition) is 8. The van der Waals surface area contributed by atoms with Crippen molar-refractivity contribution < 1.29 is 14.9 Å². The Morgan fingerprint density at radius 1 is 1.23 bits per heavy atom. The van der Waals surface area contributed by atoms with Crippen LogP contribution in [0.1, 0.15) is 43.0 Å². The first-order valence-corrected chi connectivity index (χ1v) is 10.1. The molecule has 0 aliphatic heterocycles. The molecule has 3 aromatic rings. The molecule has 0 fully saturated rings. The highest BCUT2D eigenvalue weighted by atomic mass is 16.5. The maximum atomic E-state index is 9.42. The highest BCUT2D eigenvalue weighted by Gasteiger charge is 2.19. The molecule has 0 spiro atoms. The molecular weight excluding hydrogens is 384 g/mol. The van der Waals surface area contributed by atoms with Crippen molar-refractivity contribution in [2.45, 2.75) is 52.3 Å². The Morgan fingerprint density at radius 3 is 2.70 bits per heavy atom. The van der Waals surface area contributed by atoms with Crippen LogP contribution in [-0.2, 0) is 13.2 Å². The first kappa shape index (κ1) is 21.8. The quantitative estimate of drug-likeness (QED) is 0.397. The lowest BCUT2D eigenvalue weighted by Crippen LogP contribution is -2.22. The minimum atomic E-state index is -0.0503. The fourth-order valence-corrected chi connectivity index (χ4v) is 3.63. The normalized spacial score (nSPS) is 12.3. The van der Waals surface area contributed by atoms with E-state index in [0.29, 0.717) is 30.0 Å². The molecule has 2 heterocycles. The van der Waals surface area contributed by atoms with Gasteiger partial charge in [0.05, 0.1) is 26.0 Å². The number of ether oxygens (including phenoxy) is 1. The highest BCUT2D eigenvalue weighted by Crippen LogP contribution is 2.28. The van der Waals surface area contributed by atoms with Crippen molar-refractivity contribution in [2.24, 2.45) is 0 Å². The van der Waals surface area contributed by atoms with Crippen molar-refractivity contribution in [2.75, 3.05) is 24.8 Å². The fraction of sp³-hybridized carbons (Fsp3) is 0.476. The number of methoxy groups -OCH3 is 1. The minimum Gasteiger partial charge on any atom is -0.496 e. The largest absolute Gasteiger partial charge is 0.496 e. The molecular formula is C21H30N6O3. The molecule has 2 aromatic heterocycles. The van der Waals surface area contributed by atoms with Crippen molar-refractivity contribution in [3.63, 3.8) is 0 Å². The van der Waals surface area contributed by atoms with Gasteiger partial charge >= 0.3 is 0 Å². The lowest BCUT2D eigenvalue weighted by Gasteiger charge is -2.19. The summed E-state index contributed by atoms with van der Waals surface area (Å²) in [5, 5.41) is 26.9. The summed E-state index contributed by atoms with van der Waals surface area (Å²) in [4.78, 5) is 8.84. The van der Waals surface area contributed by atoms with Crippen LogP contribution in [-0.4, -0.2) is 49.7 Å². The molecule has 162 valence electrons. The van der Waals surface area contributed by atoms with E-state index in [-0.39, 0.29) is 25.2 Å². The van der Waals surface area contributed by atoms with Crippen molar-refractivity contribution in [3.8, 4) is 5.75 Å². The SMILES string of the molecule is CCC[C@@H](CCO)Nc1nc(N)nc2c(C)nn(Cc3ccc(CO)cc3OC)c12. The summed E-state index contributed by atoms with van der Waals surface area (Å²) < 4.78 is 7.35. The van der Waals surface area contributed by atoms with Crippen LogP contribution in [0.5, 0.6) is 5.75 Å². The number of fused-ring (bicyclic) bond motifs is 1. The van der Waals surface area contributed by atoms with Crippen LogP contribution in [0.25, 0.3) is 11.0 Å². The van der Waals surface area contributed by atoms with Gasteiger partial charge in [-0.05, 0) is 31.4 Å². The third-order valence-electron chi connectivity index (χ3n) is 5.08. The lowest BCUT2D eigenvalue weighted by molar-refractivity contribution is 0.276. The monoisotopic (exact) mass is 414 g/mol. The predicted molar refractivity (Wildman–Crippen MR) is 117 cm³/mol. The smallest absolute Gasteiger partial charge is 0.222 e. The van der Waals surface area contributed by atoms with Crippen LogP contribution in [0.15, 0.2) is 18.2 Å². The summed E-state index contributed by atoms with van der Waals surface area (Å²) in [6.07, 6.45) is 2.49. The van der Waals surface area contributed by atoms with E-state index in [1.807, 2.05) is 29.8 Å². The van der Waals surface area contributed by atoms with Gasteiger partial charge in [0.1, 0.15) is 16.8 Å². The molecule has 0 aliphatic carbocycles. The average molecular weight is 415 g/mol. The number of nitrogens with zero attached hydrogens (tertiary/aromatic N) is 4. The van der Waals surface area contributed by atoms with Crippen LogP contribution >= 0.6 is 0 Å². The molecule has 5 N–H and O–H groups in total. The number of nitrogens with two attached hydrogens (primary N) is 1. The van der Waals surface area contributed by atoms with E-state index >= 15 is 0 Å². The van der Waals surface area contributed by atoms with Gasteiger partial charge in [-0.1, -0.05) is 25.5 Å². The summed E-state index contributed by atoms with van der Waals surface area (Å²) in [6.45, 7) is 4.48. The maximum Gasteiger partial charge on any atom is 0.222 e. The highest BCUT2D eigenvalue weighted by molar-refractivity contribution is 5.88. The van der Waals surface area contributed by atoms with Crippen LogP contribution < -0.4 is 15.8 Å². The molecule has 9 heteroatoms. The van der Waals surface area contributed by atoms with E-state index in [1.54, 1.807) is 7.11 Å². The molecule has 0 saturated carbocycles. The van der Waals surface area contributed by atoms with Gasteiger partial charge in [0.2, 0.25) is 5.95 Å². The van der Waals surface area contributed by atoms with E-state index in [0.717, 1.165) is 35.2 Å². The van der Waals surface area contributed by atoms with Gasteiger partial charge in [0, 0.05) is 18.2 Å². The molecule has 0 unspecified atom stereocenters. The van der Waals surface area contributed by atoms with Gasteiger partial charge in [0.25, 0.3) is 0 Å². The Hall–Kier alpha value is -2.91. The van der Waals surface area contributed by atoms with Crippen LogP contribution in [0.2, 0.25) is 0 Å². The molecule has 1 atom stereocenters. The van der Waals surface area contributed by atoms with E-state index in [2.05, 4.69) is 27.3 Å². The molecule has 0 bridgehead atoms. The summed E-state index contributed by atoms with van der Waals surface area (Å²) in [7, 11) is 1.60. The van der Waals surface area contributed by atoms with Crippen LogP contribution in [0.3, 0.4) is 0 Å². The second kappa shape index (κ2) is 9.73. The number of aryl methyl sites for hydroxylation is 1. The second-order valence-electron chi connectivity index (χ2n) is 7.32. The average Bonchev–Trinajstić information content (AvgIpc) is 3.04. The van der Waals surface area contributed by atoms with Crippen LogP contribution in [0, 0.1) is 6.92 Å². The Labute approximate surface area is 175 Å². The summed E-state index contributed by atoms with van der Waals surface area (Å²) >= 11 is 0. The third kappa shape index (κ3) is 4.63. The van der Waals surface area contributed by atoms with Gasteiger partial charge in [0.15, 0.2) is 5.82 Å². The van der Waals surface area contributed by atoms with Gasteiger partial charge in [-0.25, -0.2) is 4.98 Å². The molecule has 30 heavy (non-hydrogen) atoms. The molecule has 0 radical (unpaired) electrons. The van der Waals surface area contributed by atoms with Crippen molar-refractivity contribution in [1.29, 1.82) is 0 Å². The zero-order chi connectivity index (χ0) is 21.7. The number of aromatic nitrogens is 4. The second-order valence-corrected chi connectivity index (χ2v) is 7.32. The predicted octanol–water partition coefficient (Wildman–Crippen LogP) is 2.23. The third-order valence-corrected chi connectivity index (χ3v) is 5.08. The molecule has 1 aromatic carbocycles. The van der Waals surface area contributed by atoms with E-state index in [4.69, 9.17) is 10.5 Å². The zero-order valence-electron chi connectivity index (χ0n) is 17.7. The Balaban J connectivity index is 2.06. The molecule has 0 saturated heterocycles. The van der Waals surface area contributed by atoms with Gasteiger partial charge < -0.3 is 26.0 Å². The number of benzene rings is 1.